The summed E-state index contributed by atoms with van der Waals surface area (Å²) in [5, 5.41) is 4.01. The Morgan fingerprint density at radius 1 is 1.33 bits per heavy atom. The average Bonchev–Trinajstić information content (AvgIpc) is 3.03. The zero-order valence-corrected chi connectivity index (χ0v) is 16.3. The Kier molecular flexibility index (Phi) is 6.45. The predicted octanol–water partition coefficient (Wildman–Crippen LogP) is 2.47. The highest BCUT2D eigenvalue weighted by molar-refractivity contribution is 7.89. The van der Waals surface area contributed by atoms with Gasteiger partial charge in [0.05, 0.1) is 11.4 Å². The standard InChI is InChI=1S/C17H31N3O3S/c1-6-7-8-24(21,22)19-17-11-20(9-15(17)12(2)3)10-16-13(4)18-23-14(16)5/h12,15,17,19H,6-11H2,1-5H3/t15-,17+/m1/s1. The van der Waals surface area contributed by atoms with Gasteiger partial charge in [0.2, 0.25) is 10.0 Å². The highest BCUT2D eigenvalue weighted by Gasteiger charge is 2.37. The van der Waals surface area contributed by atoms with E-state index in [2.05, 4.69) is 28.6 Å². The molecule has 1 aromatic heterocycles. The molecule has 0 saturated carbocycles. The summed E-state index contributed by atoms with van der Waals surface area (Å²) in [6, 6.07) is -0.0210. The monoisotopic (exact) mass is 357 g/mol. The van der Waals surface area contributed by atoms with Gasteiger partial charge >= 0.3 is 0 Å². The number of nitrogens with one attached hydrogen (secondary N) is 1. The van der Waals surface area contributed by atoms with E-state index in [1.165, 1.54) is 0 Å². The maximum atomic E-state index is 12.3. The third-order valence-electron chi connectivity index (χ3n) is 4.96. The fourth-order valence-corrected chi connectivity index (χ4v) is 4.91. The van der Waals surface area contributed by atoms with Crippen LogP contribution in [0, 0.1) is 25.7 Å². The second-order valence-corrected chi connectivity index (χ2v) is 9.17. The number of hydrogen-bond donors (Lipinski definition) is 1. The number of hydrogen-bond acceptors (Lipinski definition) is 5. The molecule has 6 nitrogen and oxygen atoms in total. The highest BCUT2D eigenvalue weighted by atomic mass is 32.2. The Bertz CT molecular complexity index is 620. The first-order valence-electron chi connectivity index (χ1n) is 8.87. The maximum absolute atomic E-state index is 12.3. The lowest BCUT2D eigenvalue weighted by molar-refractivity contribution is 0.293. The molecule has 1 N–H and O–H groups in total. The van der Waals surface area contributed by atoms with Crippen LogP contribution < -0.4 is 4.72 Å². The average molecular weight is 358 g/mol. The van der Waals surface area contributed by atoms with Crippen molar-refractivity contribution in [2.75, 3.05) is 18.8 Å². The van der Waals surface area contributed by atoms with Crippen LogP contribution >= 0.6 is 0 Å². The number of unbranched alkanes of at least 4 members (excludes halogenated alkanes) is 1. The van der Waals surface area contributed by atoms with Crippen LogP contribution in [0.1, 0.15) is 50.6 Å². The van der Waals surface area contributed by atoms with E-state index in [0.29, 0.717) is 18.3 Å². The van der Waals surface area contributed by atoms with Crippen molar-refractivity contribution in [2.45, 2.75) is 60.0 Å². The lowest BCUT2D eigenvalue weighted by atomic mass is 9.92. The molecule has 2 atom stereocenters. The van der Waals surface area contributed by atoms with Gasteiger partial charge in [-0.15, -0.1) is 0 Å². The van der Waals surface area contributed by atoms with E-state index in [-0.39, 0.29) is 11.8 Å². The quantitative estimate of drug-likeness (QED) is 0.773. The van der Waals surface area contributed by atoms with Crippen molar-refractivity contribution < 1.29 is 12.9 Å². The molecule has 1 aliphatic heterocycles. The first-order chi connectivity index (χ1) is 11.2. The van der Waals surface area contributed by atoms with Crippen molar-refractivity contribution in [2.24, 2.45) is 11.8 Å². The van der Waals surface area contributed by atoms with E-state index < -0.39 is 10.0 Å². The van der Waals surface area contributed by atoms with Crippen molar-refractivity contribution in [1.82, 2.24) is 14.8 Å². The summed E-state index contributed by atoms with van der Waals surface area (Å²) in [4.78, 5) is 2.31. The number of aromatic nitrogens is 1. The molecule has 0 unspecified atom stereocenters. The summed E-state index contributed by atoms with van der Waals surface area (Å²) in [6.45, 7) is 12.6. The van der Waals surface area contributed by atoms with Gasteiger partial charge in [-0.2, -0.15) is 0 Å². The van der Waals surface area contributed by atoms with Gasteiger partial charge in [-0.25, -0.2) is 13.1 Å². The highest BCUT2D eigenvalue weighted by Crippen LogP contribution is 2.27. The Labute approximate surface area is 146 Å². The molecule has 1 fully saturated rings. The molecule has 0 spiro atoms. The zero-order valence-electron chi connectivity index (χ0n) is 15.5. The van der Waals surface area contributed by atoms with Gasteiger partial charge in [-0.05, 0) is 32.1 Å². The molecule has 1 saturated heterocycles. The molecular weight excluding hydrogens is 326 g/mol. The number of aryl methyl sites for hydroxylation is 2. The Morgan fingerprint density at radius 2 is 2.04 bits per heavy atom. The van der Waals surface area contributed by atoms with Gasteiger partial charge in [0.1, 0.15) is 5.76 Å². The van der Waals surface area contributed by atoms with Crippen LogP contribution in [0.3, 0.4) is 0 Å². The van der Waals surface area contributed by atoms with Crippen LogP contribution in [-0.4, -0.2) is 43.4 Å². The van der Waals surface area contributed by atoms with E-state index in [1.807, 2.05) is 20.8 Å². The minimum absolute atomic E-state index is 0.0210. The first-order valence-corrected chi connectivity index (χ1v) is 10.5. The predicted molar refractivity (Wildman–Crippen MR) is 95.2 cm³/mol. The van der Waals surface area contributed by atoms with Crippen molar-refractivity contribution in [3.63, 3.8) is 0 Å². The Balaban J connectivity index is 2.06. The fraction of sp³-hybridized carbons (Fsp3) is 0.824. The van der Waals surface area contributed by atoms with Crippen molar-refractivity contribution in [3.05, 3.63) is 17.0 Å². The SMILES string of the molecule is CCCCS(=O)(=O)N[C@H]1CN(Cc2c(C)noc2C)C[C@@H]1C(C)C. The van der Waals surface area contributed by atoms with Crippen LogP contribution in [0.5, 0.6) is 0 Å². The summed E-state index contributed by atoms with van der Waals surface area (Å²) < 4.78 is 32.8. The van der Waals surface area contributed by atoms with Crippen LogP contribution in [-0.2, 0) is 16.6 Å². The Hall–Kier alpha value is -0.920. The molecule has 0 aromatic carbocycles. The van der Waals surface area contributed by atoms with Crippen molar-refractivity contribution in [1.29, 1.82) is 0 Å². The number of likely N-dealkylation sites (tertiary alicyclic amines) is 1. The topological polar surface area (TPSA) is 75.4 Å². The third-order valence-corrected chi connectivity index (χ3v) is 6.45. The van der Waals surface area contributed by atoms with Crippen molar-refractivity contribution in [3.8, 4) is 0 Å². The first kappa shape index (κ1) is 19.4. The molecule has 2 heterocycles. The van der Waals surface area contributed by atoms with Gasteiger partial charge in [0.15, 0.2) is 0 Å². The molecule has 1 aliphatic rings. The summed E-state index contributed by atoms with van der Waals surface area (Å²) >= 11 is 0. The Morgan fingerprint density at radius 3 is 2.58 bits per heavy atom. The molecule has 2 rings (SSSR count). The van der Waals surface area contributed by atoms with E-state index in [1.54, 1.807) is 0 Å². The van der Waals surface area contributed by atoms with Crippen LogP contribution in [0.2, 0.25) is 0 Å². The lowest BCUT2D eigenvalue weighted by Crippen LogP contribution is -2.42. The lowest BCUT2D eigenvalue weighted by Gasteiger charge is -2.22. The summed E-state index contributed by atoms with van der Waals surface area (Å²) in [6.07, 6.45) is 1.59. The molecule has 1 aromatic rings. The number of sulfonamides is 1. The van der Waals surface area contributed by atoms with Gasteiger partial charge in [-0.3, -0.25) is 4.90 Å². The summed E-state index contributed by atoms with van der Waals surface area (Å²) in [5.74, 6) is 1.82. The smallest absolute Gasteiger partial charge is 0.211 e. The maximum Gasteiger partial charge on any atom is 0.211 e. The van der Waals surface area contributed by atoms with E-state index >= 15 is 0 Å². The normalized spacial score (nSPS) is 22.6. The molecule has 0 radical (unpaired) electrons. The molecule has 24 heavy (non-hydrogen) atoms. The minimum Gasteiger partial charge on any atom is -0.361 e. The molecule has 138 valence electrons. The van der Waals surface area contributed by atoms with E-state index in [0.717, 1.165) is 43.1 Å². The van der Waals surface area contributed by atoms with Crippen LogP contribution in [0.15, 0.2) is 4.52 Å². The second-order valence-electron chi connectivity index (χ2n) is 7.30. The molecule has 0 bridgehead atoms. The largest absolute Gasteiger partial charge is 0.361 e. The zero-order chi connectivity index (χ0) is 17.9. The van der Waals surface area contributed by atoms with Gasteiger partial charge in [0, 0.05) is 31.2 Å². The van der Waals surface area contributed by atoms with Crippen LogP contribution in [0.4, 0.5) is 0 Å². The minimum atomic E-state index is -3.20. The molecule has 0 aliphatic carbocycles. The second kappa shape index (κ2) is 7.97. The number of nitrogens with zero attached hydrogens (tertiary/aromatic N) is 2. The molecule has 7 heteroatoms. The summed E-state index contributed by atoms with van der Waals surface area (Å²) in [7, 11) is -3.20. The van der Waals surface area contributed by atoms with E-state index in [9.17, 15) is 8.42 Å². The van der Waals surface area contributed by atoms with Crippen LogP contribution in [0.25, 0.3) is 0 Å². The third kappa shape index (κ3) is 4.80. The van der Waals surface area contributed by atoms with Crippen molar-refractivity contribution >= 4 is 10.0 Å². The molecule has 0 amide bonds. The van der Waals surface area contributed by atoms with E-state index in [4.69, 9.17) is 4.52 Å². The fourth-order valence-electron chi connectivity index (χ4n) is 3.42. The number of rotatable bonds is 8. The molecular formula is C17H31N3O3S. The van der Waals surface area contributed by atoms with Gasteiger partial charge in [-0.1, -0.05) is 32.3 Å². The van der Waals surface area contributed by atoms with Gasteiger partial charge < -0.3 is 4.52 Å². The van der Waals surface area contributed by atoms with Gasteiger partial charge in [0.25, 0.3) is 0 Å². The summed E-state index contributed by atoms with van der Waals surface area (Å²) in [5.41, 5.74) is 2.03.